The third-order valence-corrected chi connectivity index (χ3v) is 9.48. The number of fused-ring (bicyclic) bond motifs is 2. The number of aromatic nitrogens is 4. The maximum absolute atomic E-state index is 14.9. The van der Waals surface area contributed by atoms with Gasteiger partial charge in [-0.3, -0.25) is 9.59 Å². The first-order valence-electron chi connectivity index (χ1n) is 12.0. The van der Waals surface area contributed by atoms with Gasteiger partial charge in [0.15, 0.2) is 15.6 Å². The number of hydrogen-bond donors (Lipinski definition) is 2. The molecule has 1 aliphatic carbocycles. The van der Waals surface area contributed by atoms with Crippen LogP contribution in [-0.4, -0.2) is 44.7 Å². The fourth-order valence-corrected chi connectivity index (χ4v) is 6.72. The third-order valence-electron chi connectivity index (χ3n) is 6.98. The number of rotatable bonds is 7. The van der Waals surface area contributed by atoms with E-state index in [2.05, 4.69) is 15.0 Å². The summed E-state index contributed by atoms with van der Waals surface area (Å²) in [6.07, 6.45) is 4.04. The second-order valence-corrected chi connectivity index (χ2v) is 12.3. The van der Waals surface area contributed by atoms with Gasteiger partial charge in [-0.15, -0.1) is 0 Å². The summed E-state index contributed by atoms with van der Waals surface area (Å²) in [5, 5.41) is 0.304. The normalized spacial score (nSPS) is 14.0. The first-order chi connectivity index (χ1) is 18.1. The second kappa shape index (κ2) is 8.92. The highest BCUT2D eigenvalue weighted by Gasteiger charge is 2.38. The topological polar surface area (TPSA) is 118 Å². The molecule has 3 aromatic heterocycles. The number of ketones is 1. The SMILES string of the molecule is Cc1cc2c(-c3ccc[nH]c3=O)c(C(=O)CS(=O)(=O)C3CC3)n(Cc3cc4[nH]cnc4cc3Cl)c2cc1F. The lowest BCUT2D eigenvalue weighted by molar-refractivity contribution is 0.101. The Kier molecular flexibility index (Phi) is 5.77. The van der Waals surface area contributed by atoms with Crippen molar-refractivity contribution in [2.45, 2.75) is 31.6 Å². The molecule has 0 unspecified atom stereocenters. The van der Waals surface area contributed by atoms with E-state index in [1.807, 2.05) is 0 Å². The minimum Gasteiger partial charge on any atom is -0.345 e. The van der Waals surface area contributed by atoms with Gasteiger partial charge in [0, 0.05) is 34.3 Å². The van der Waals surface area contributed by atoms with E-state index in [0.29, 0.717) is 50.9 Å². The van der Waals surface area contributed by atoms with E-state index in [9.17, 15) is 22.4 Å². The lowest BCUT2D eigenvalue weighted by Gasteiger charge is -2.13. The number of hydrogen-bond acceptors (Lipinski definition) is 5. The lowest BCUT2D eigenvalue weighted by atomic mass is 10.0. The van der Waals surface area contributed by atoms with Crippen LogP contribution in [0.4, 0.5) is 4.39 Å². The van der Waals surface area contributed by atoms with Gasteiger partial charge in [-0.05, 0) is 67.3 Å². The van der Waals surface area contributed by atoms with Crippen molar-refractivity contribution >= 4 is 49.2 Å². The zero-order valence-electron chi connectivity index (χ0n) is 20.2. The number of nitrogens with one attached hydrogen (secondary N) is 2. The van der Waals surface area contributed by atoms with Crippen LogP contribution < -0.4 is 5.56 Å². The molecule has 0 amide bonds. The number of pyridine rings is 1. The quantitative estimate of drug-likeness (QED) is 0.282. The highest BCUT2D eigenvalue weighted by molar-refractivity contribution is 7.93. The number of Topliss-reactive ketones (excluding diaryl/α,β-unsaturated/α-hetero) is 1. The Hall–Kier alpha value is -3.76. The number of carbonyl (C=O) groups is 1. The molecular weight excluding hydrogens is 531 g/mol. The monoisotopic (exact) mass is 552 g/mol. The van der Waals surface area contributed by atoms with Gasteiger partial charge in [0.05, 0.1) is 33.8 Å². The molecule has 38 heavy (non-hydrogen) atoms. The second-order valence-electron chi connectivity index (χ2n) is 9.63. The van der Waals surface area contributed by atoms with Gasteiger partial charge in [0.2, 0.25) is 0 Å². The van der Waals surface area contributed by atoms with E-state index >= 15 is 0 Å². The van der Waals surface area contributed by atoms with Crippen LogP contribution in [0.1, 0.15) is 34.5 Å². The molecule has 11 heteroatoms. The summed E-state index contributed by atoms with van der Waals surface area (Å²) in [4.78, 5) is 36.6. The maximum atomic E-state index is 14.9. The summed E-state index contributed by atoms with van der Waals surface area (Å²) in [7, 11) is -3.68. The first-order valence-corrected chi connectivity index (χ1v) is 14.1. The number of nitrogens with zero attached hydrogens (tertiary/aromatic N) is 2. The Bertz CT molecular complexity index is 1940. The number of halogens is 2. The van der Waals surface area contributed by atoms with Crippen molar-refractivity contribution in [1.29, 1.82) is 0 Å². The summed E-state index contributed by atoms with van der Waals surface area (Å²) >= 11 is 6.58. The van der Waals surface area contributed by atoms with Gasteiger partial charge in [-0.1, -0.05) is 11.6 Å². The van der Waals surface area contributed by atoms with Crippen molar-refractivity contribution in [3.8, 4) is 11.1 Å². The van der Waals surface area contributed by atoms with Gasteiger partial charge in [-0.2, -0.15) is 0 Å². The zero-order valence-corrected chi connectivity index (χ0v) is 21.8. The molecule has 3 heterocycles. The predicted octanol–water partition coefficient (Wildman–Crippen LogP) is 4.78. The van der Waals surface area contributed by atoms with Crippen molar-refractivity contribution in [2.75, 3.05) is 5.75 Å². The number of benzene rings is 2. The summed E-state index contributed by atoms with van der Waals surface area (Å²) in [6, 6.07) is 9.53. The number of H-pyrrole nitrogens is 2. The molecule has 0 atom stereocenters. The van der Waals surface area contributed by atoms with Gasteiger partial charge in [0.25, 0.3) is 5.56 Å². The summed E-state index contributed by atoms with van der Waals surface area (Å²) in [6.45, 7) is 1.62. The molecule has 1 aliphatic rings. The van der Waals surface area contributed by atoms with Gasteiger partial charge in [0.1, 0.15) is 11.6 Å². The Balaban J connectivity index is 1.65. The standard InChI is InChI=1S/C27H22ClFN4O4S/c1-14-7-18-23(10-20(14)29)33(11-15-8-21-22(9-19(15)28)32-13-31-21)26(24(34)12-38(36,37)16-4-5-16)25(18)17-3-2-6-30-27(17)35/h2-3,6-10,13,16H,4-5,11-12H2,1H3,(H,30,35)(H,31,32). The molecule has 0 radical (unpaired) electrons. The molecule has 0 bridgehead atoms. The minimum atomic E-state index is -3.68. The van der Waals surface area contributed by atoms with Crippen LogP contribution in [0.3, 0.4) is 0 Å². The summed E-state index contributed by atoms with van der Waals surface area (Å²) < 4.78 is 42.2. The van der Waals surface area contributed by atoms with Crippen molar-refractivity contribution in [3.63, 3.8) is 0 Å². The Morgan fingerprint density at radius 3 is 2.74 bits per heavy atom. The van der Waals surface area contributed by atoms with Crippen LogP contribution in [0.15, 0.2) is 53.7 Å². The van der Waals surface area contributed by atoms with E-state index in [1.54, 1.807) is 41.8 Å². The number of sulfone groups is 1. The van der Waals surface area contributed by atoms with Crippen LogP contribution in [-0.2, 0) is 16.4 Å². The maximum Gasteiger partial charge on any atom is 0.255 e. The fraction of sp³-hybridized carbons (Fsp3) is 0.222. The molecule has 0 spiro atoms. The molecule has 6 rings (SSSR count). The molecule has 2 aromatic carbocycles. The Labute approximate surface area is 221 Å². The van der Waals surface area contributed by atoms with E-state index < -0.39 is 38.0 Å². The van der Waals surface area contributed by atoms with E-state index in [0.717, 1.165) is 0 Å². The van der Waals surface area contributed by atoms with Gasteiger partial charge < -0.3 is 14.5 Å². The predicted molar refractivity (Wildman–Crippen MR) is 144 cm³/mol. The Morgan fingerprint density at radius 1 is 1.21 bits per heavy atom. The Morgan fingerprint density at radius 2 is 2.00 bits per heavy atom. The third kappa shape index (κ3) is 4.13. The van der Waals surface area contributed by atoms with Gasteiger partial charge in [-0.25, -0.2) is 17.8 Å². The van der Waals surface area contributed by atoms with E-state index in [-0.39, 0.29) is 23.4 Å². The number of imidazole rings is 1. The van der Waals surface area contributed by atoms with Crippen molar-refractivity contribution < 1.29 is 17.6 Å². The largest absolute Gasteiger partial charge is 0.345 e. The molecule has 1 fully saturated rings. The summed E-state index contributed by atoms with van der Waals surface area (Å²) in [5.74, 6) is -1.87. The fourth-order valence-electron chi connectivity index (χ4n) is 4.91. The van der Waals surface area contributed by atoms with Crippen molar-refractivity contribution in [2.24, 2.45) is 0 Å². The molecular formula is C27H22ClFN4O4S. The number of carbonyl (C=O) groups excluding carboxylic acids is 1. The smallest absolute Gasteiger partial charge is 0.255 e. The van der Waals surface area contributed by atoms with Crippen LogP contribution in [0.5, 0.6) is 0 Å². The average Bonchev–Trinajstić information content (AvgIpc) is 3.58. The highest BCUT2D eigenvalue weighted by atomic mass is 35.5. The molecule has 194 valence electrons. The molecule has 0 saturated heterocycles. The van der Waals surface area contributed by atoms with Crippen molar-refractivity contribution in [3.05, 3.63) is 86.9 Å². The van der Waals surface area contributed by atoms with Crippen LogP contribution >= 0.6 is 11.6 Å². The minimum absolute atomic E-state index is 0.0201. The van der Waals surface area contributed by atoms with Crippen molar-refractivity contribution in [1.82, 2.24) is 19.5 Å². The number of aryl methyl sites for hydroxylation is 1. The van der Waals surface area contributed by atoms with Crippen LogP contribution in [0.2, 0.25) is 5.02 Å². The first kappa shape index (κ1) is 24.6. The van der Waals surface area contributed by atoms with E-state index in [1.165, 1.54) is 18.6 Å². The lowest BCUT2D eigenvalue weighted by Crippen LogP contribution is -2.23. The molecule has 8 nitrogen and oxygen atoms in total. The molecule has 2 N–H and O–H groups in total. The number of aromatic amines is 2. The highest BCUT2D eigenvalue weighted by Crippen LogP contribution is 2.38. The molecule has 0 aliphatic heterocycles. The van der Waals surface area contributed by atoms with E-state index in [4.69, 9.17) is 11.6 Å². The average molecular weight is 553 g/mol. The summed E-state index contributed by atoms with van der Waals surface area (Å²) in [5.41, 5.74) is 2.66. The molecule has 5 aromatic rings. The zero-order chi connectivity index (χ0) is 26.8. The van der Waals surface area contributed by atoms with Gasteiger partial charge >= 0.3 is 0 Å². The van der Waals surface area contributed by atoms with Crippen LogP contribution in [0.25, 0.3) is 33.1 Å². The van der Waals surface area contributed by atoms with Crippen LogP contribution in [0, 0.1) is 12.7 Å². The molecule has 1 saturated carbocycles.